The van der Waals surface area contributed by atoms with Crippen LogP contribution in [0.25, 0.3) is 0 Å². The fourth-order valence-electron chi connectivity index (χ4n) is 5.47. The lowest BCUT2D eigenvalue weighted by atomic mass is 9.91. The molecule has 1 atom stereocenters. The molecule has 0 saturated heterocycles. The highest BCUT2D eigenvalue weighted by molar-refractivity contribution is 8.00. The third-order valence-electron chi connectivity index (χ3n) is 7.79. The van der Waals surface area contributed by atoms with Gasteiger partial charge in [0.05, 0.1) is 34.5 Å². The lowest BCUT2D eigenvalue weighted by molar-refractivity contribution is 0.353. The summed E-state index contributed by atoms with van der Waals surface area (Å²) in [6, 6.07) is 29.5. The van der Waals surface area contributed by atoms with Crippen molar-refractivity contribution in [3.05, 3.63) is 107 Å². The van der Waals surface area contributed by atoms with E-state index in [9.17, 15) is 5.26 Å². The maximum Gasteiger partial charge on any atom is 0.161 e. The predicted octanol–water partition coefficient (Wildman–Crippen LogP) is 7.35. The van der Waals surface area contributed by atoms with Gasteiger partial charge >= 0.3 is 0 Å². The molecule has 7 heteroatoms. The van der Waals surface area contributed by atoms with Gasteiger partial charge in [0, 0.05) is 30.1 Å². The third-order valence-corrected chi connectivity index (χ3v) is 9.12. The number of ether oxygens (including phenoxy) is 4. The Hall–Kier alpha value is -4.28. The van der Waals surface area contributed by atoms with Crippen molar-refractivity contribution < 1.29 is 18.9 Å². The Balaban J connectivity index is 1.49. The summed E-state index contributed by atoms with van der Waals surface area (Å²) in [6.07, 6.45) is 1.43. The molecule has 0 bridgehead atoms. The molecule has 0 spiro atoms. The van der Waals surface area contributed by atoms with E-state index in [1.54, 1.807) is 40.2 Å². The number of nitriles is 1. The molecule has 4 aromatic rings. The van der Waals surface area contributed by atoms with E-state index in [4.69, 9.17) is 18.9 Å². The lowest BCUT2D eigenvalue weighted by Gasteiger charge is -2.32. The first-order chi connectivity index (χ1) is 20.4. The molecule has 5 rings (SSSR count). The summed E-state index contributed by atoms with van der Waals surface area (Å²) in [5, 5.41) is 10.8. The number of methoxy groups -OCH3 is 4. The van der Waals surface area contributed by atoms with Gasteiger partial charge < -0.3 is 23.8 Å². The van der Waals surface area contributed by atoms with E-state index in [1.807, 2.05) is 18.2 Å². The molecule has 0 fully saturated rings. The van der Waals surface area contributed by atoms with Crippen molar-refractivity contribution in [3.8, 4) is 29.1 Å². The van der Waals surface area contributed by atoms with Gasteiger partial charge in [0.25, 0.3) is 0 Å². The number of benzene rings is 4. The van der Waals surface area contributed by atoms with Crippen LogP contribution in [0.3, 0.4) is 0 Å². The Bertz CT molecular complexity index is 1600. The molecule has 0 N–H and O–H groups in total. The van der Waals surface area contributed by atoms with E-state index in [0.717, 1.165) is 52.7 Å². The highest BCUT2D eigenvalue weighted by atomic mass is 32.2. The van der Waals surface area contributed by atoms with Crippen molar-refractivity contribution >= 4 is 17.4 Å². The molecule has 1 aliphatic rings. The molecular weight excluding hydrogens is 544 g/mol. The lowest BCUT2D eigenvalue weighted by Crippen LogP contribution is -2.30. The van der Waals surface area contributed by atoms with E-state index in [2.05, 4.69) is 78.6 Å². The van der Waals surface area contributed by atoms with Crippen molar-refractivity contribution in [2.45, 2.75) is 36.0 Å². The van der Waals surface area contributed by atoms with Crippen LogP contribution in [0.1, 0.15) is 27.8 Å². The molecule has 1 heterocycles. The van der Waals surface area contributed by atoms with Gasteiger partial charge in [0.2, 0.25) is 0 Å². The summed E-state index contributed by atoms with van der Waals surface area (Å²) >= 11 is 1.57. The molecule has 42 heavy (non-hydrogen) atoms. The number of nitrogens with zero attached hydrogens (tertiary/aromatic N) is 2. The molecule has 0 saturated carbocycles. The Labute approximate surface area is 252 Å². The molecule has 1 unspecified atom stereocenters. The highest BCUT2D eigenvalue weighted by Crippen LogP contribution is 2.46. The van der Waals surface area contributed by atoms with Gasteiger partial charge in [-0.05, 0) is 84.1 Å². The third kappa shape index (κ3) is 6.00. The predicted molar refractivity (Wildman–Crippen MR) is 168 cm³/mol. The normalized spacial score (nSPS) is 13.9. The van der Waals surface area contributed by atoms with Crippen LogP contribution in [0.2, 0.25) is 0 Å². The van der Waals surface area contributed by atoms with Crippen molar-refractivity contribution in [1.29, 1.82) is 5.26 Å². The Morgan fingerprint density at radius 3 is 2.12 bits per heavy atom. The molecule has 0 radical (unpaired) electrons. The zero-order valence-electron chi connectivity index (χ0n) is 24.8. The first-order valence-corrected chi connectivity index (χ1v) is 14.7. The first kappa shape index (κ1) is 29.2. The van der Waals surface area contributed by atoms with E-state index < -0.39 is 4.75 Å². The molecule has 6 nitrogen and oxygen atoms in total. The number of rotatable bonds is 10. The topological polar surface area (TPSA) is 64.0 Å². The number of hydrogen-bond donors (Lipinski definition) is 0. The summed E-state index contributed by atoms with van der Waals surface area (Å²) < 4.78 is 21.3. The van der Waals surface area contributed by atoms with Gasteiger partial charge in [-0.2, -0.15) is 5.26 Å². The minimum absolute atomic E-state index is 0.515. The monoisotopic (exact) mass is 580 g/mol. The number of aryl methyl sites for hydroxylation is 1. The zero-order chi connectivity index (χ0) is 29.7. The zero-order valence-corrected chi connectivity index (χ0v) is 25.6. The summed E-state index contributed by atoms with van der Waals surface area (Å²) in [5.41, 5.74) is 6.78. The maximum absolute atomic E-state index is 10.8. The van der Waals surface area contributed by atoms with Gasteiger partial charge in [-0.15, -0.1) is 0 Å². The summed E-state index contributed by atoms with van der Waals surface area (Å²) in [6.45, 7) is 3.73. The summed E-state index contributed by atoms with van der Waals surface area (Å²) in [4.78, 5) is 3.42. The molecule has 0 aromatic heterocycles. The molecule has 1 aliphatic heterocycles. The largest absolute Gasteiger partial charge is 0.493 e. The van der Waals surface area contributed by atoms with Crippen molar-refractivity contribution in [3.63, 3.8) is 0 Å². The fraction of sp³-hybridized carbons (Fsp3) is 0.286. The van der Waals surface area contributed by atoms with Crippen molar-refractivity contribution in [2.75, 3.05) is 39.9 Å². The highest BCUT2D eigenvalue weighted by Gasteiger charge is 2.35. The van der Waals surface area contributed by atoms with E-state index in [0.29, 0.717) is 17.9 Å². The minimum Gasteiger partial charge on any atom is -0.493 e. The number of thioether (sulfide) groups is 1. The number of hydrogen-bond acceptors (Lipinski definition) is 7. The van der Waals surface area contributed by atoms with Crippen LogP contribution in [0.15, 0.2) is 83.8 Å². The smallest absolute Gasteiger partial charge is 0.161 e. The average molecular weight is 581 g/mol. The van der Waals surface area contributed by atoms with Gasteiger partial charge in [-0.25, -0.2) is 0 Å². The van der Waals surface area contributed by atoms with E-state index >= 15 is 0 Å². The number of anilines is 1. The van der Waals surface area contributed by atoms with Crippen LogP contribution in [0, 0.1) is 18.3 Å². The van der Waals surface area contributed by atoms with Gasteiger partial charge in [0.1, 0.15) is 4.75 Å². The van der Waals surface area contributed by atoms with Crippen LogP contribution < -0.4 is 23.8 Å². The van der Waals surface area contributed by atoms with Crippen LogP contribution in [0.5, 0.6) is 23.0 Å². The Kier molecular flexibility index (Phi) is 8.84. The molecule has 4 aromatic carbocycles. The molecule has 0 aliphatic carbocycles. The Morgan fingerprint density at radius 2 is 1.45 bits per heavy atom. The molecular formula is C35H36N2O4S. The number of fused-ring (bicyclic) bond motifs is 1. The standard InChI is InChI=1S/C35H36N2O4S/c1-24-9-12-30(13-10-24)42-35(23-36,28-11-14-31(38-2)34(20-28)41-5)21-25-7-6-8-29(17-25)37-16-15-26-18-32(39-3)33(40-4)19-27(26)22-37/h6-14,17-20H,15-16,21-22H2,1-5H3. The SMILES string of the molecule is COc1ccc(C(C#N)(Cc2cccc(N3CCc4cc(OC)c(OC)cc4C3)c2)Sc2ccc(C)cc2)cc1OC. The van der Waals surface area contributed by atoms with E-state index in [-0.39, 0.29) is 0 Å². The summed E-state index contributed by atoms with van der Waals surface area (Å²) in [7, 11) is 6.58. The maximum atomic E-state index is 10.8. The Morgan fingerprint density at radius 1 is 0.786 bits per heavy atom. The minimum atomic E-state index is -0.897. The van der Waals surface area contributed by atoms with Gasteiger partial charge in [-0.1, -0.05) is 47.7 Å². The second-order valence-electron chi connectivity index (χ2n) is 10.4. The molecule has 216 valence electrons. The second-order valence-corrected chi connectivity index (χ2v) is 11.8. The average Bonchev–Trinajstić information content (AvgIpc) is 3.04. The quantitative estimate of drug-likeness (QED) is 0.182. The van der Waals surface area contributed by atoms with Crippen LogP contribution >= 0.6 is 11.8 Å². The van der Waals surface area contributed by atoms with Crippen molar-refractivity contribution in [2.24, 2.45) is 0 Å². The van der Waals surface area contributed by atoms with Crippen LogP contribution in [-0.2, 0) is 24.1 Å². The van der Waals surface area contributed by atoms with Gasteiger partial charge in [-0.3, -0.25) is 0 Å². The first-order valence-electron chi connectivity index (χ1n) is 13.9. The van der Waals surface area contributed by atoms with Crippen molar-refractivity contribution in [1.82, 2.24) is 0 Å². The summed E-state index contributed by atoms with van der Waals surface area (Å²) in [5.74, 6) is 2.75. The fourth-order valence-corrected chi connectivity index (χ4v) is 6.68. The molecule has 0 amide bonds. The van der Waals surface area contributed by atoms with E-state index in [1.165, 1.54) is 16.7 Å². The second kappa shape index (κ2) is 12.7. The van der Waals surface area contributed by atoms with Gasteiger partial charge in [0.15, 0.2) is 23.0 Å². The van der Waals surface area contributed by atoms with Crippen LogP contribution in [-0.4, -0.2) is 35.0 Å². The van der Waals surface area contributed by atoms with Crippen LogP contribution in [0.4, 0.5) is 5.69 Å².